The number of H-pyrrole nitrogens is 1. The van der Waals surface area contributed by atoms with Gasteiger partial charge in [0.2, 0.25) is 0 Å². The first-order valence-corrected chi connectivity index (χ1v) is 5.94. The Labute approximate surface area is 108 Å². The fraction of sp³-hybridized carbons (Fsp3) is 0.273. The lowest BCUT2D eigenvalue weighted by molar-refractivity contribution is -0.143. The molecule has 1 aromatic carbocycles. The van der Waals surface area contributed by atoms with Crippen LogP contribution in [0.1, 0.15) is 6.92 Å². The predicted octanol–water partition coefficient (Wildman–Crippen LogP) is 2.92. The summed E-state index contributed by atoms with van der Waals surface area (Å²) in [5.74, 6) is -0.329. The zero-order valence-corrected chi connectivity index (χ0v) is 10.8. The van der Waals surface area contributed by atoms with Gasteiger partial charge in [-0.05, 0) is 31.3 Å². The number of carbonyl (C=O) groups excluding carboxylic acids is 1. The molecule has 0 bridgehead atoms. The lowest BCUT2D eigenvalue weighted by Crippen LogP contribution is -2.13. The molecule has 4 nitrogen and oxygen atoms in total. The number of aromatic nitrogens is 2. The summed E-state index contributed by atoms with van der Waals surface area (Å²) < 4.78 is 7.00. The van der Waals surface area contributed by atoms with E-state index < -0.39 is 0 Å². The summed E-state index contributed by atoms with van der Waals surface area (Å²) in [6.45, 7) is 2.18. The lowest BCUT2D eigenvalue weighted by atomic mass is 10.3. The first-order chi connectivity index (χ1) is 8.13. The number of halogens is 1. The van der Waals surface area contributed by atoms with Crippen molar-refractivity contribution < 1.29 is 9.53 Å². The zero-order valence-electron chi connectivity index (χ0n) is 9.20. The Bertz CT molecular complexity index is 617. The van der Waals surface area contributed by atoms with Gasteiger partial charge in [0, 0.05) is 0 Å². The number of nitrogens with one attached hydrogen (secondary N) is 1. The third-order valence-electron chi connectivity index (χ3n) is 2.34. The van der Waals surface area contributed by atoms with E-state index in [0.717, 1.165) is 11.0 Å². The van der Waals surface area contributed by atoms with Crippen LogP contribution < -0.4 is 0 Å². The van der Waals surface area contributed by atoms with Crippen molar-refractivity contribution in [1.82, 2.24) is 9.55 Å². The van der Waals surface area contributed by atoms with Crippen LogP contribution in [-0.4, -0.2) is 22.1 Å². The first-order valence-electron chi connectivity index (χ1n) is 5.16. The zero-order chi connectivity index (χ0) is 12.4. The number of para-hydroxylation sites is 1. The SMILES string of the molecule is CCOC(=O)Cn1c(=S)[nH]c2cccc(Cl)c21. The summed E-state index contributed by atoms with van der Waals surface area (Å²) in [7, 11) is 0. The Hall–Kier alpha value is -1.33. The Morgan fingerprint density at radius 3 is 3.06 bits per heavy atom. The van der Waals surface area contributed by atoms with Crippen LogP contribution in [0.2, 0.25) is 5.02 Å². The van der Waals surface area contributed by atoms with Gasteiger partial charge in [0.1, 0.15) is 6.54 Å². The van der Waals surface area contributed by atoms with Crippen molar-refractivity contribution in [2.75, 3.05) is 6.61 Å². The lowest BCUT2D eigenvalue weighted by Gasteiger charge is -2.05. The molecule has 1 aromatic heterocycles. The third-order valence-corrected chi connectivity index (χ3v) is 2.96. The number of rotatable bonds is 3. The third kappa shape index (κ3) is 2.35. The van der Waals surface area contributed by atoms with E-state index in [4.69, 9.17) is 28.6 Å². The molecule has 0 radical (unpaired) electrons. The molecule has 6 heteroatoms. The molecule has 0 aliphatic carbocycles. The first kappa shape index (κ1) is 12.1. The monoisotopic (exact) mass is 270 g/mol. The minimum Gasteiger partial charge on any atom is -0.465 e. The van der Waals surface area contributed by atoms with Crippen molar-refractivity contribution in [3.8, 4) is 0 Å². The summed E-state index contributed by atoms with van der Waals surface area (Å²) in [5, 5.41) is 0.555. The van der Waals surface area contributed by atoms with Crippen molar-refractivity contribution >= 4 is 40.8 Å². The molecular formula is C11H11ClN2O2S. The predicted molar refractivity (Wildman–Crippen MR) is 68.8 cm³/mol. The second-order valence-corrected chi connectivity index (χ2v) is 4.25. The van der Waals surface area contributed by atoms with Crippen molar-refractivity contribution in [2.24, 2.45) is 0 Å². The fourth-order valence-electron chi connectivity index (χ4n) is 1.66. The summed E-state index contributed by atoms with van der Waals surface area (Å²) >= 11 is 11.3. The molecule has 0 atom stereocenters. The minimum atomic E-state index is -0.329. The number of hydrogen-bond acceptors (Lipinski definition) is 3. The van der Waals surface area contributed by atoms with E-state index in [2.05, 4.69) is 4.98 Å². The molecule has 90 valence electrons. The molecule has 0 aliphatic rings. The number of ether oxygens (including phenoxy) is 1. The number of carbonyl (C=O) groups is 1. The standard InChI is InChI=1S/C11H11ClN2O2S/c1-2-16-9(15)6-14-10-7(12)4-3-5-8(10)13-11(14)17/h3-5H,2,6H2,1H3,(H,13,17). The minimum absolute atomic E-state index is 0.0659. The van der Waals surface area contributed by atoms with E-state index >= 15 is 0 Å². The maximum Gasteiger partial charge on any atom is 0.326 e. The smallest absolute Gasteiger partial charge is 0.326 e. The van der Waals surface area contributed by atoms with Gasteiger partial charge in [0.25, 0.3) is 0 Å². The van der Waals surface area contributed by atoms with Crippen LogP contribution in [-0.2, 0) is 16.1 Å². The molecule has 17 heavy (non-hydrogen) atoms. The molecule has 0 saturated heterocycles. The summed E-state index contributed by atoms with van der Waals surface area (Å²) in [6.07, 6.45) is 0. The van der Waals surface area contributed by atoms with Gasteiger partial charge in [-0.3, -0.25) is 4.79 Å². The number of imidazole rings is 1. The van der Waals surface area contributed by atoms with Crippen LogP contribution in [0.5, 0.6) is 0 Å². The maximum atomic E-state index is 11.5. The van der Waals surface area contributed by atoms with Gasteiger partial charge in [-0.15, -0.1) is 0 Å². The molecule has 0 spiro atoms. The van der Waals surface area contributed by atoms with Gasteiger partial charge in [-0.1, -0.05) is 17.7 Å². The van der Waals surface area contributed by atoms with Crippen LogP contribution >= 0.6 is 23.8 Å². The maximum absolute atomic E-state index is 11.5. The van der Waals surface area contributed by atoms with Crippen LogP contribution in [0.3, 0.4) is 0 Å². The highest BCUT2D eigenvalue weighted by Gasteiger charge is 2.11. The highest BCUT2D eigenvalue weighted by atomic mass is 35.5. The number of aromatic amines is 1. The van der Waals surface area contributed by atoms with Gasteiger partial charge in [-0.25, -0.2) is 0 Å². The normalized spacial score (nSPS) is 10.7. The van der Waals surface area contributed by atoms with Gasteiger partial charge in [0.15, 0.2) is 4.77 Å². The Kier molecular flexibility index (Phi) is 3.49. The quantitative estimate of drug-likeness (QED) is 0.689. The molecule has 1 N–H and O–H groups in total. The van der Waals surface area contributed by atoms with E-state index in [0.29, 0.717) is 16.4 Å². The second kappa shape index (κ2) is 4.89. The van der Waals surface area contributed by atoms with E-state index in [1.807, 2.05) is 12.1 Å². The number of fused-ring (bicyclic) bond motifs is 1. The highest BCUT2D eigenvalue weighted by molar-refractivity contribution is 7.71. The average Bonchev–Trinajstić information content (AvgIpc) is 2.57. The molecule has 0 amide bonds. The van der Waals surface area contributed by atoms with Crippen LogP contribution in [0.4, 0.5) is 0 Å². The van der Waals surface area contributed by atoms with E-state index in [-0.39, 0.29) is 12.5 Å². The molecule has 2 rings (SSSR count). The topological polar surface area (TPSA) is 47.0 Å². The number of benzene rings is 1. The molecular weight excluding hydrogens is 260 g/mol. The molecule has 1 heterocycles. The molecule has 0 fully saturated rings. The van der Waals surface area contributed by atoms with Gasteiger partial charge < -0.3 is 14.3 Å². The van der Waals surface area contributed by atoms with Crippen molar-refractivity contribution in [2.45, 2.75) is 13.5 Å². The fourth-order valence-corrected chi connectivity index (χ4v) is 2.20. The van der Waals surface area contributed by atoms with Crippen molar-refractivity contribution in [3.63, 3.8) is 0 Å². The number of esters is 1. The Morgan fingerprint density at radius 2 is 2.35 bits per heavy atom. The van der Waals surface area contributed by atoms with E-state index in [1.165, 1.54) is 0 Å². The van der Waals surface area contributed by atoms with E-state index in [9.17, 15) is 4.79 Å². The summed E-state index contributed by atoms with van der Waals surface area (Å²) in [5.41, 5.74) is 1.54. The molecule has 0 saturated carbocycles. The molecule has 0 aliphatic heterocycles. The summed E-state index contributed by atoms with van der Waals surface area (Å²) in [4.78, 5) is 14.5. The largest absolute Gasteiger partial charge is 0.465 e. The van der Waals surface area contributed by atoms with Crippen molar-refractivity contribution in [1.29, 1.82) is 0 Å². The van der Waals surface area contributed by atoms with Crippen molar-refractivity contribution in [3.05, 3.63) is 28.0 Å². The van der Waals surface area contributed by atoms with Crippen LogP contribution in [0.25, 0.3) is 11.0 Å². The van der Waals surface area contributed by atoms with E-state index in [1.54, 1.807) is 17.6 Å². The van der Waals surface area contributed by atoms with Gasteiger partial charge in [-0.2, -0.15) is 0 Å². The highest BCUT2D eigenvalue weighted by Crippen LogP contribution is 2.23. The number of nitrogens with zero attached hydrogens (tertiary/aromatic N) is 1. The average molecular weight is 271 g/mol. The Morgan fingerprint density at radius 1 is 1.59 bits per heavy atom. The van der Waals surface area contributed by atoms with Gasteiger partial charge in [0.05, 0.1) is 22.7 Å². The molecule has 0 unspecified atom stereocenters. The van der Waals surface area contributed by atoms with Crippen LogP contribution in [0.15, 0.2) is 18.2 Å². The number of hydrogen-bond donors (Lipinski definition) is 1. The summed E-state index contributed by atoms with van der Waals surface area (Å²) in [6, 6.07) is 5.44. The molecule has 2 aromatic rings. The Balaban J connectivity index is 2.49. The van der Waals surface area contributed by atoms with Crippen LogP contribution in [0, 0.1) is 4.77 Å². The second-order valence-electron chi connectivity index (χ2n) is 3.46. The van der Waals surface area contributed by atoms with Gasteiger partial charge >= 0.3 is 5.97 Å².